The van der Waals surface area contributed by atoms with E-state index in [0.29, 0.717) is 25.1 Å². The van der Waals surface area contributed by atoms with Gasteiger partial charge in [0.25, 0.3) is 0 Å². The van der Waals surface area contributed by atoms with Crippen molar-refractivity contribution in [2.45, 2.75) is 62.7 Å². The van der Waals surface area contributed by atoms with Crippen LogP contribution in [0.3, 0.4) is 0 Å². The SMILES string of the molecule is CSCCC(NC(=O)C(CCCCN)NC(=O)C(CC(=O)O)NC(=O)C(N)Cc1c[nH]c2ccccc12)C(=O)O. The average Bonchev–Trinajstić information content (AvgIpc) is 3.32. The van der Waals surface area contributed by atoms with Gasteiger partial charge >= 0.3 is 11.9 Å². The molecule has 2 aromatic rings. The Morgan fingerprint density at radius 3 is 2.23 bits per heavy atom. The molecule has 0 fully saturated rings. The number of thioether (sulfide) groups is 1. The average molecular weight is 579 g/mol. The number of aliphatic carboxylic acids is 2. The summed E-state index contributed by atoms with van der Waals surface area (Å²) in [6, 6.07) is 2.53. The quantitative estimate of drug-likeness (QED) is 0.110. The van der Waals surface area contributed by atoms with Crippen molar-refractivity contribution in [3.63, 3.8) is 0 Å². The number of aromatic nitrogens is 1. The molecule has 0 spiro atoms. The Hall–Kier alpha value is -3.62. The van der Waals surface area contributed by atoms with E-state index in [1.54, 1.807) is 12.5 Å². The smallest absolute Gasteiger partial charge is 0.326 e. The van der Waals surface area contributed by atoms with Crippen molar-refractivity contribution in [1.82, 2.24) is 20.9 Å². The lowest BCUT2D eigenvalue weighted by atomic mass is 10.0. The second-order valence-electron chi connectivity index (χ2n) is 9.36. The molecule has 1 aromatic heterocycles. The fourth-order valence-electron chi connectivity index (χ4n) is 4.09. The highest BCUT2D eigenvalue weighted by atomic mass is 32.2. The number of benzene rings is 1. The van der Waals surface area contributed by atoms with E-state index < -0.39 is 60.2 Å². The lowest BCUT2D eigenvalue weighted by molar-refractivity contribution is -0.143. The number of carboxylic acid groups (broad SMARTS) is 2. The summed E-state index contributed by atoms with van der Waals surface area (Å²) in [5.74, 6) is -4.44. The van der Waals surface area contributed by atoms with Gasteiger partial charge in [-0.2, -0.15) is 11.8 Å². The lowest BCUT2D eigenvalue weighted by Crippen LogP contribution is -2.57. The van der Waals surface area contributed by atoms with Gasteiger partial charge in [-0.1, -0.05) is 18.2 Å². The molecule has 4 atom stereocenters. The van der Waals surface area contributed by atoms with Crippen molar-refractivity contribution in [3.05, 3.63) is 36.0 Å². The minimum atomic E-state index is -1.52. The van der Waals surface area contributed by atoms with E-state index >= 15 is 0 Å². The van der Waals surface area contributed by atoms with Crippen LogP contribution in [-0.2, 0) is 30.4 Å². The van der Waals surface area contributed by atoms with Gasteiger partial charge in [-0.05, 0) is 62.3 Å². The number of hydrogen-bond donors (Lipinski definition) is 8. The van der Waals surface area contributed by atoms with E-state index in [1.165, 1.54) is 11.8 Å². The Labute approximate surface area is 236 Å². The normalized spacial score (nSPS) is 14.1. The van der Waals surface area contributed by atoms with Crippen molar-refractivity contribution in [3.8, 4) is 0 Å². The number of carboxylic acids is 2. The minimum absolute atomic E-state index is 0.133. The summed E-state index contributed by atoms with van der Waals surface area (Å²) in [5, 5.41) is 27.0. The van der Waals surface area contributed by atoms with E-state index in [4.69, 9.17) is 11.5 Å². The molecule has 1 heterocycles. The Morgan fingerprint density at radius 1 is 0.925 bits per heavy atom. The number of fused-ring (bicyclic) bond motifs is 1. The summed E-state index contributed by atoms with van der Waals surface area (Å²) in [6.45, 7) is 0.347. The number of carbonyl (C=O) groups is 5. The molecule has 0 saturated carbocycles. The zero-order valence-electron chi connectivity index (χ0n) is 22.4. The topological polar surface area (TPSA) is 230 Å². The highest BCUT2D eigenvalue weighted by Gasteiger charge is 2.31. The lowest BCUT2D eigenvalue weighted by Gasteiger charge is -2.24. The number of unbranched alkanes of at least 4 members (excludes halogenated alkanes) is 1. The molecule has 0 radical (unpaired) electrons. The van der Waals surface area contributed by atoms with Crippen molar-refractivity contribution < 1.29 is 34.2 Å². The van der Waals surface area contributed by atoms with Crippen LogP contribution in [0, 0.1) is 0 Å². The summed E-state index contributed by atoms with van der Waals surface area (Å²) in [6.07, 6.45) is 4.23. The molecule has 220 valence electrons. The van der Waals surface area contributed by atoms with E-state index in [0.717, 1.165) is 16.5 Å². The van der Waals surface area contributed by atoms with Gasteiger partial charge in [-0.3, -0.25) is 19.2 Å². The Morgan fingerprint density at radius 2 is 1.57 bits per heavy atom. The maximum absolute atomic E-state index is 13.1. The molecule has 4 unspecified atom stereocenters. The number of nitrogens with one attached hydrogen (secondary N) is 4. The van der Waals surface area contributed by atoms with Gasteiger partial charge in [-0.15, -0.1) is 0 Å². The molecule has 0 aliphatic rings. The van der Waals surface area contributed by atoms with Crippen LogP contribution in [0.25, 0.3) is 10.9 Å². The molecule has 2 rings (SSSR count). The van der Waals surface area contributed by atoms with Gasteiger partial charge in [0.15, 0.2) is 0 Å². The van der Waals surface area contributed by atoms with E-state index in [2.05, 4.69) is 20.9 Å². The van der Waals surface area contributed by atoms with Crippen LogP contribution in [0.2, 0.25) is 0 Å². The summed E-state index contributed by atoms with van der Waals surface area (Å²) in [4.78, 5) is 65.1. The van der Waals surface area contributed by atoms with E-state index in [1.807, 2.05) is 24.3 Å². The van der Waals surface area contributed by atoms with Crippen LogP contribution >= 0.6 is 11.8 Å². The van der Waals surface area contributed by atoms with Gasteiger partial charge in [-0.25, -0.2) is 4.79 Å². The third-order valence-corrected chi connectivity index (χ3v) is 6.91. The van der Waals surface area contributed by atoms with Crippen LogP contribution < -0.4 is 27.4 Å². The van der Waals surface area contributed by atoms with E-state index in [-0.39, 0.29) is 19.3 Å². The molecule has 0 aliphatic carbocycles. The highest BCUT2D eigenvalue weighted by molar-refractivity contribution is 7.98. The number of hydrogen-bond acceptors (Lipinski definition) is 8. The zero-order valence-corrected chi connectivity index (χ0v) is 23.2. The van der Waals surface area contributed by atoms with Crippen LogP contribution in [0.5, 0.6) is 0 Å². The molecule has 0 aliphatic heterocycles. The van der Waals surface area contributed by atoms with Crippen LogP contribution in [0.1, 0.15) is 37.7 Å². The molecule has 14 heteroatoms. The Kier molecular flexibility index (Phi) is 13.4. The first-order chi connectivity index (χ1) is 19.1. The number of aromatic amines is 1. The molecular weight excluding hydrogens is 540 g/mol. The van der Waals surface area contributed by atoms with Crippen molar-refractivity contribution in [2.24, 2.45) is 11.5 Å². The van der Waals surface area contributed by atoms with Gasteiger partial charge in [0.05, 0.1) is 12.5 Å². The predicted octanol–water partition coefficient (Wildman–Crippen LogP) is -0.0665. The first-order valence-corrected chi connectivity index (χ1v) is 14.3. The Bertz CT molecular complexity index is 1170. The number of para-hydroxylation sites is 1. The first kappa shape index (κ1) is 32.6. The third kappa shape index (κ3) is 10.2. The summed E-state index contributed by atoms with van der Waals surface area (Å²) in [5.41, 5.74) is 13.3. The highest BCUT2D eigenvalue weighted by Crippen LogP contribution is 2.19. The summed E-state index contributed by atoms with van der Waals surface area (Å²) >= 11 is 1.42. The van der Waals surface area contributed by atoms with E-state index in [9.17, 15) is 34.2 Å². The second kappa shape index (κ2) is 16.5. The number of amides is 3. The monoisotopic (exact) mass is 578 g/mol. The maximum atomic E-state index is 13.1. The molecule has 3 amide bonds. The van der Waals surface area contributed by atoms with Crippen LogP contribution in [0.15, 0.2) is 30.5 Å². The standard InChI is InChI=1S/C26H38N6O7S/c1-40-11-9-20(26(38)39)31-24(36)19(8-4-5-10-27)30-25(37)21(13-22(33)34)32-23(35)17(28)12-15-14-29-18-7-3-2-6-16(15)18/h2-3,6-7,14,17,19-21,29H,4-5,8-13,27-28H2,1H3,(H,30,37)(H,31,36)(H,32,35)(H,33,34)(H,38,39). The number of H-pyrrole nitrogens is 1. The number of nitrogens with two attached hydrogens (primary N) is 2. The van der Waals surface area contributed by atoms with Crippen molar-refractivity contribution in [1.29, 1.82) is 0 Å². The summed E-state index contributed by atoms with van der Waals surface area (Å²) < 4.78 is 0. The Balaban J connectivity index is 2.12. The van der Waals surface area contributed by atoms with Crippen molar-refractivity contribution in [2.75, 3.05) is 18.6 Å². The largest absolute Gasteiger partial charge is 0.481 e. The number of rotatable bonds is 18. The zero-order chi connectivity index (χ0) is 29.7. The molecule has 1 aromatic carbocycles. The van der Waals surface area contributed by atoms with Gasteiger partial charge in [0.2, 0.25) is 17.7 Å². The predicted molar refractivity (Wildman–Crippen MR) is 152 cm³/mol. The molecular formula is C26H38N6O7S. The number of carbonyl (C=O) groups excluding carboxylic acids is 3. The fraction of sp³-hybridized carbons (Fsp3) is 0.500. The second-order valence-corrected chi connectivity index (χ2v) is 10.3. The third-order valence-electron chi connectivity index (χ3n) is 6.27. The summed E-state index contributed by atoms with van der Waals surface area (Å²) in [7, 11) is 0. The molecule has 0 saturated heterocycles. The van der Waals surface area contributed by atoms with Crippen LogP contribution in [0.4, 0.5) is 0 Å². The van der Waals surface area contributed by atoms with Gasteiger partial charge < -0.3 is 42.6 Å². The molecule has 13 nitrogen and oxygen atoms in total. The molecule has 10 N–H and O–H groups in total. The molecule has 40 heavy (non-hydrogen) atoms. The fourth-order valence-corrected chi connectivity index (χ4v) is 4.56. The first-order valence-electron chi connectivity index (χ1n) is 12.9. The van der Waals surface area contributed by atoms with Gasteiger partial charge in [0, 0.05) is 17.1 Å². The maximum Gasteiger partial charge on any atom is 0.326 e. The van der Waals surface area contributed by atoms with Crippen molar-refractivity contribution >= 4 is 52.3 Å². The minimum Gasteiger partial charge on any atom is -0.481 e. The van der Waals surface area contributed by atoms with Gasteiger partial charge in [0.1, 0.15) is 18.1 Å². The van der Waals surface area contributed by atoms with Crippen LogP contribution in [-0.4, -0.2) is 87.6 Å². The molecule has 0 bridgehead atoms.